The van der Waals surface area contributed by atoms with Crippen molar-refractivity contribution in [3.05, 3.63) is 93.5 Å². The van der Waals surface area contributed by atoms with Crippen molar-refractivity contribution in [3.63, 3.8) is 0 Å². The molecule has 144 valence electrons. The van der Waals surface area contributed by atoms with Crippen LogP contribution in [-0.4, -0.2) is 20.6 Å². The summed E-state index contributed by atoms with van der Waals surface area (Å²) in [6.07, 6.45) is 4.99. The van der Waals surface area contributed by atoms with E-state index in [9.17, 15) is 9.59 Å². The first-order chi connectivity index (χ1) is 14.1. The van der Waals surface area contributed by atoms with Crippen LogP contribution in [0.3, 0.4) is 0 Å². The van der Waals surface area contributed by atoms with Crippen molar-refractivity contribution in [2.45, 2.75) is 6.54 Å². The molecule has 0 saturated heterocycles. The van der Waals surface area contributed by atoms with E-state index >= 15 is 0 Å². The molecule has 0 fully saturated rings. The standard InChI is InChI=1S/C21H16N4O4/c22-13-15-11-16-12-17(5-7-25(16)14-15)29-19-4-2-1-3-18(19)28-10-9-24-8-6-20(26)23-21(24)27/h1-8,11-12,14H,9-10H2,(H,23,26,27). The predicted octanol–water partition coefficient (Wildman–Crippen LogP) is 2.53. The van der Waals surface area contributed by atoms with Gasteiger partial charge in [0.2, 0.25) is 0 Å². The molecule has 8 heteroatoms. The summed E-state index contributed by atoms with van der Waals surface area (Å²) in [5.41, 5.74) is 0.494. The zero-order chi connectivity index (χ0) is 20.2. The largest absolute Gasteiger partial charge is 0.488 e. The molecule has 4 rings (SSSR count). The topological polar surface area (TPSA) is 102 Å². The van der Waals surface area contributed by atoms with Gasteiger partial charge in [0, 0.05) is 30.7 Å². The van der Waals surface area contributed by atoms with Gasteiger partial charge >= 0.3 is 5.69 Å². The van der Waals surface area contributed by atoms with Crippen LogP contribution in [-0.2, 0) is 6.54 Å². The number of para-hydroxylation sites is 2. The Kier molecular flexibility index (Phi) is 4.86. The van der Waals surface area contributed by atoms with E-state index in [0.717, 1.165) is 5.52 Å². The Labute approximate surface area is 164 Å². The van der Waals surface area contributed by atoms with Crippen molar-refractivity contribution in [3.8, 4) is 23.3 Å². The van der Waals surface area contributed by atoms with Crippen molar-refractivity contribution >= 4 is 5.52 Å². The fourth-order valence-electron chi connectivity index (χ4n) is 2.87. The molecule has 1 aromatic carbocycles. The molecule has 0 aliphatic heterocycles. The van der Waals surface area contributed by atoms with Crippen LogP contribution < -0.4 is 20.7 Å². The van der Waals surface area contributed by atoms with Crippen LogP contribution in [0.15, 0.2) is 76.7 Å². The van der Waals surface area contributed by atoms with Crippen molar-refractivity contribution < 1.29 is 9.47 Å². The summed E-state index contributed by atoms with van der Waals surface area (Å²) in [6.45, 7) is 0.493. The minimum Gasteiger partial charge on any atom is -0.488 e. The van der Waals surface area contributed by atoms with Gasteiger partial charge in [0.1, 0.15) is 18.4 Å². The van der Waals surface area contributed by atoms with Gasteiger partial charge in [-0.25, -0.2) is 4.79 Å². The van der Waals surface area contributed by atoms with E-state index < -0.39 is 11.2 Å². The Morgan fingerprint density at radius 1 is 1.03 bits per heavy atom. The second-order valence-corrected chi connectivity index (χ2v) is 6.24. The maximum atomic E-state index is 11.7. The third-order valence-electron chi connectivity index (χ3n) is 4.26. The van der Waals surface area contributed by atoms with Gasteiger partial charge in [-0.1, -0.05) is 12.1 Å². The summed E-state index contributed by atoms with van der Waals surface area (Å²) in [4.78, 5) is 25.0. The van der Waals surface area contributed by atoms with Gasteiger partial charge in [0.15, 0.2) is 11.5 Å². The zero-order valence-corrected chi connectivity index (χ0v) is 15.2. The Morgan fingerprint density at radius 3 is 2.66 bits per heavy atom. The second kappa shape index (κ2) is 7.78. The molecule has 4 aromatic rings. The van der Waals surface area contributed by atoms with E-state index in [-0.39, 0.29) is 13.2 Å². The third-order valence-corrected chi connectivity index (χ3v) is 4.26. The van der Waals surface area contributed by atoms with Gasteiger partial charge in [0.05, 0.1) is 17.6 Å². The molecule has 0 aliphatic carbocycles. The molecular weight excluding hydrogens is 372 g/mol. The lowest BCUT2D eigenvalue weighted by molar-refractivity contribution is 0.283. The van der Waals surface area contributed by atoms with Crippen LogP contribution in [0, 0.1) is 11.3 Å². The number of rotatable bonds is 6. The Bertz CT molecular complexity index is 1330. The summed E-state index contributed by atoms with van der Waals surface area (Å²) in [5.74, 6) is 1.66. The van der Waals surface area contributed by atoms with Gasteiger partial charge < -0.3 is 13.9 Å². The number of aromatic amines is 1. The first-order valence-corrected chi connectivity index (χ1v) is 8.84. The highest BCUT2D eigenvalue weighted by Crippen LogP contribution is 2.31. The lowest BCUT2D eigenvalue weighted by atomic mass is 10.3. The number of hydrogen-bond donors (Lipinski definition) is 1. The van der Waals surface area contributed by atoms with Crippen LogP contribution in [0.1, 0.15) is 5.56 Å². The van der Waals surface area contributed by atoms with Crippen molar-refractivity contribution in [1.82, 2.24) is 14.0 Å². The van der Waals surface area contributed by atoms with Crippen LogP contribution in [0.25, 0.3) is 5.52 Å². The highest BCUT2D eigenvalue weighted by atomic mass is 16.5. The molecule has 0 unspecified atom stereocenters. The average molecular weight is 388 g/mol. The highest BCUT2D eigenvalue weighted by Gasteiger charge is 2.08. The molecule has 8 nitrogen and oxygen atoms in total. The molecule has 0 amide bonds. The molecule has 0 atom stereocenters. The van der Waals surface area contributed by atoms with Gasteiger partial charge in [-0.3, -0.25) is 14.3 Å². The second-order valence-electron chi connectivity index (χ2n) is 6.24. The van der Waals surface area contributed by atoms with Crippen LogP contribution >= 0.6 is 0 Å². The first-order valence-electron chi connectivity index (χ1n) is 8.84. The Morgan fingerprint density at radius 2 is 1.86 bits per heavy atom. The normalized spacial score (nSPS) is 10.6. The molecule has 0 radical (unpaired) electrons. The highest BCUT2D eigenvalue weighted by molar-refractivity contribution is 5.57. The van der Waals surface area contributed by atoms with Gasteiger partial charge in [-0.15, -0.1) is 0 Å². The fraction of sp³-hybridized carbons (Fsp3) is 0.0952. The maximum Gasteiger partial charge on any atom is 0.328 e. The molecule has 29 heavy (non-hydrogen) atoms. The van der Waals surface area contributed by atoms with Gasteiger partial charge in [-0.05, 0) is 24.3 Å². The Balaban J connectivity index is 1.48. The van der Waals surface area contributed by atoms with Crippen molar-refractivity contribution in [2.75, 3.05) is 6.61 Å². The third kappa shape index (κ3) is 4.04. The molecule has 0 spiro atoms. The molecule has 3 aromatic heterocycles. The number of pyridine rings is 1. The summed E-state index contributed by atoms with van der Waals surface area (Å²) < 4.78 is 15.0. The SMILES string of the molecule is N#Cc1cc2cc(Oc3ccccc3OCCn3ccc(=O)[nH]c3=O)ccn2c1. The van der Waals surface area contributed by atoms with E-state index in [4.69, 9.17) is 14.7 Å². The summed E-state index contributed by atoms with van der Waals surface area (Å²) >= 11 is 0. The lowest BCUT2D eigenvalue weighted by Gasteiger charge is -2.13. The van der Waals surface area contributed by atoms with E-state index in [2.05, 4.69) is 11.1 Å². The van der Waals surface area contributed by atoms with Gasteiger partial charge in [-0.2, -0.15) is 5.26 Å². The number of ether oxygens (including phenoxy) is 2. The molecule has 0 bridgehead atoms. The van der Waals surface area contributed by atoms with Crippen LogP contribution in [0.2, 0.25) is 0 Å². The van der Waals surface area contributed by atoms with Gasteiger partial charge in [0.25, 0.3) is 5.56 Å². The molecule has 1 N–H and O–H groups in total. The minimum atomic E-state index is -0.483. The number of H-pyrrole nitrogens is 1. The smallest absolute Gasteiger partial charge is 0.328 e. The fourth-order valence-corrected chi connectivity index (χ4v) is 2.87. The number of fused-ring (bicyclic) bond motifs is 1. The minimum absolute atomic E-state index is 0.218. The molecule has 0 aliphatic rings. The van der Waals surface area contributed by atoms with E-state index in [1.807, 2.05) is 28.8 Å². The number of hydrogen-bond acceptors (Lipinski definition) is 5. The van der Waals surface area contributed by atoms with Crippen molar-refractivity contribution in [1.29, 1.82) is 5.26 Å². The van der Waals surface area contributed by atoms with Crippen LogP contribution in [0.5, 0.6) is 17.2 Å². The number of benzene rings is 1. The number of nitriles is 1. The van der Waals surface area contributed by atoms with Crippen molar-refractivity contribution in [2.24, 2.45) is 0 Å². The monoisotopic (exact) mass is 388 g/mol. The van der Waals surface area contributed by atoms with E-state index in [1.54, 1.807) is 30.5 Å². The number of aromatic nitrogens is 3. The summed E-state index contributed by atoms with van der Waals surface area (Å²) in [7, 11) is 0. The number of nitrogens with one attached hydrogen (secondary N) is 1. The first kappa shape index (κ1) is 18.1. The Hall–Kier alpha value is -4.25. The van der Waals surface area contributed by atoms with Crippen LogP contribution in [0.4, 0.5) is 0 Å². The zero-order valence-electron chi connectivity index (χ0n) is 15.2. The lowest BCUT2D eigenvalue weighted by Crippen LogP contribution is -2.30. The average Bonchev–Trinajstić information content (AvgIpc) is 3.13. The maximum absolute atomic E-state index is 11.7. The van der Waals surface area contributed by atoms with E-state index in [1.165, 1.54) is 16.8 Å². The number of nitrogens with zero attached hydrogens (tertiary/aromatic N) is 3. The summed E-state index contributed by atoms with van der Waals surface area (Å²) in [5, 5.41) is 9.03. The molecule has 0 saturated carbocycles. The quantitative estimate of drug-likeness (QED) is 0.547. The van der Waals surface area contributed by atoms with E-state index in [0.29, 0.717) is 22.8 Å². The molecular formula is C21H16N4O4. The summed E-state index contributed by atoms with van der Waals surface area (Å²) in [6, 6.07) is 16.0. The molecule has 3 heterocycles. The predicted molar refractivity (Wildman–Crippen MR) is 105 cm³/mol.